The van der Waals surface area contributed by atoms with Crippen molar-refractivity contribution in [2.24, 2.45) is 0 Å². The summed E-state index contributed by atoms with van der Waals surface area (Å²) < 4.78 is 1.93. The molecule has 88 valence electrons. The molecular weight excluding hydrogens is 212 g/mol. The van der Waals surface area contributed by atoms with E-state index in [-0.39, 0.29) is 0 Å². The van der Waals surface area contributed by atoms with E-state index in [0.29, 0.717) is 0 Å². The average Bonchev–Trinajstić information content (AvgIpc) is 2.90. The van der Waals surface area contributed by atoms with Gasteiger partial charge in [-0.2, -0.15) is 5.10 Å². The Morgan fingerprint density at radius 2 is 1.76 bits per heavy atom. The van der Waals surface area contributed by atoms with Crippen molar-refractivity contribution in [2.45, 2.75) is 0 Å². The highest BCUT2D eigenvalue weighted by Gasteiger charge is 2.12. The molecule has 17 heavy (non-hydrogen) atoms. The second-order valence-electron chi connectivity index (χ2n) is 4.19. The van der Waals surface area contributed by atoms with E-state index in [4.69, 9.17) is 0 Å². The molecule has 2 aromatic rings. The predicted octanol–water partition coefficient (Wildman–Crippen LogP) is 1.28. The standard InChI is InChI=1S/C13H16N4/c1-2-4-12(5-3-1)17-9-6-13(15-17)16-10-7-14-8-11-16/h1-6,9,14H,7-8,10-11H2. The van der Waals surface area contributed by atoms with E-state index in [9.17, 15) is 0 Å². The molecule has 0 amide bonds. The van der Waals surface area contributed by atoms with Crippen LogP contribution in [0.5, 0.6) is 0 Å². The lowest BCUT2D eigenvalue weighted by atomic mass is 10.3. The van der Waals surface area contributed by atoms with Crippen LogP contribution in [0.3, 0.4) is 0 Å². The Kier molecular flexibility index (Phi) is 2.80. The van der Waals surface area contributed by atoms with Crippen molar-refractivity contribution < 1.29 is 0 Å². The van der Waals surface area contributed by atoms with Crippen LogP contribution in [0.4, 0.5) is 5.82 Å². The van der Waals surface area contributed by atoms with Crippen molar-refractivity contribution >= 4 is 5.82 Å². The summed E-state index contributed by atoms with van der Waals surface area (Å²) in [5, 5.41) is 7.97. The molecule has 1 aliphatic rings. The number of para-hydroxylation sites is 1. The summed E-state index contributed by atoms with van der Waals surface area (Å²) in [5.74, 6) is 1.07. The first-order chi connectivity index (χ1) is 8.43. The first kappa shape index (κ1) is 10.4. The second kappa shape index (κ2) is 4.59. The third kappa shape index (κ3) is 2.17. The lowest BCUT2D eigenvalue weighted by molar-refractivity contribution is 0.583. The largest absolute Gasteiger partial charge is 0.353 e. The van der Waals surface area contributed by atoms with Crippen LogP contribution in [0.2, 0.25) is 0 Å². The minimum Gasteiger partial charge on any atom is -0.353 e. The molecule has 1 aliphatic heterocycles. The molecule has 4 nitrogen and oxygen atoms in total. The minimum absolute atomic E-state index is 1.03. The molecule has 1 saturated heterocycles. The number of hydrogen-bond acceptors (Lipinski definition) is 3. The van der Waals surface area contributed by atoms with E-state index in [2.05, 4.69) is 33.5 Å². The monoisotopic (exact) mass is 228 g/mol. The molecule has 0 radical (unpaired) electrons. The third-order valence-corrected chi connectivity index (χ3v) is 3.04. The van der Waals surface area contributed by atoms with Crippen molar-refractivity contribution in [1.29, 1.82) is 0 Å². The van der Waals surface area contributed by atoms with E-state index in [0.717, 1.165) is 37.7 Å². The fourth-order valence-electron chi connectivity index (χ4n) is 2.10. The van der Waals surface area contributed by atoms with Crippen molar-refractivity contribution in [3.8, 4) is 5.69 Å². The summed E-state index contributed by atoms with van der Waals surface area (Å²) in [6.07, 6.45) is 2.02. The molecule has 1 fully saturated rings. The first-order valence-corrected chi connectivity index (χ1v) is 6.00. The fraction of sp³-hybridized carbons (Fsp3) is 0.308. The Labute approximate surface area is 101 Å². The van der Waals surface area contributed by atoms with Crippen LogP contribution in [0, 0.1) is 0 Å². The first-order valence-electron chi connectivity index (χ1n) is 6.00. The van der Waals surface area contributed by atoms with Crippen LogP contribution in [-0.4, -0.2) is 36.0 Å². The van der Waals surface area contributed by atoms with Gasteiger partial charge in [-0.3, -0.25) is 0 Å². The van der Waals surface area contributed by atoms with Gasteiger partial charge < -0.3 is 10.2 Å². The van der Waals surface area contributed by atoms with Gasteiger partial charge in [-0.05, 0) is 12.1 Å². The van der Waals surface area contributed by atoms with Gasteiger partial charge in [-0.1, -0.05) is 18.2 Å². The Morgan fingerprint density at radius 3 is 2.53 bits per heavy atom. The molecule has 0 unspecified atom stereocenters. The van der Waals surface area contributed by atoms with Gasteiger partial charge in [0.25, 0.3) is 0 Å². The number of anilines is 1. The van der Waals surface area contributed by atoms with E-state index in [1.54, 1.807) is 0 Å². The van der Waals surface area contributed by atoms with Gasteiger partial charge in [0.1, 0.15) is 0 Å². The summed E-state index contributed by atoms with van der Waals surface area (Å²) in [4.78, 5) is 2.32. The summed E-state index contributed by atoms with van der Waals surface area (Å²) in [7, 11) is 0. The lowest BCUT2D eigenvalue weighted by Crippen LogP contribution is -2.43. The van der Waals surface area contributed by atoms with Crippen LogP contribution in [0.25, 0.3) is 5.69 Å². The zero-order valence-electron chi connectivity index (χ0n) is 9.71. The van der Waals surface area contributed by atoms with Crippen LogP contribution < -0.4 is 10.2 Å². The molecular formula is C13H16N4. The SMILES string of the molecule is c1ccc(-n2ccc(N3CCNCC3)n2)cc1. The van der Waals surface area contributed by atoms with Crippen molar-refractivity contribution in [3.63, 3.8) is 0 Å². The van der Waals surface area contributed by atoms with Crippen LogP contribution in [0.15, 0.2) is 42.6 Å². The fourth-order valence-corrected chi connectivity index (χ4v) is 2.10. The molecule has 4 heteroatoms. The van der Waals surface area contributed by atoms with Crippen molar-refractivity contribution in [1.82, 2.24) is 15.1 Å². The summed E-state index contributed by atoms with van der Waals surface area (Å²) in [5.41, 5.74) is 1.11. The number of aromatic nitrogens is 2. The number of hydrogen-bond donors (Lipinski definition) is 1. The quantitative estimate of drug-likeness (QED) is 0.840. The smallest absolute Gasteiger partial charge is 0.151 e. The maximum atomic E-state index is 4.62. The molecule has 0 bridgehead atoms. The number of nitrogens with zero attached hydrogens (tertiary/aromatic N) is 3. The third-order valence-electron chi connectivity index (χ3n) is 3.04. The van der Waals surface area contributed by atoms with Gasteiger partial charge in [0.05, 0.1) is 5.69 Å². The normalized spacial score (nSPS) is 16.1. The van der Waals surface area contributed by atoms with Crippen molar-refractivity contribution in [3.05, 3.63) is 42.6 Å². The molecule has 0 aliphatic carbocycles. The van der Waals surface area contributed by atoms with E-state index >= 15 is 0 Å². The van der Waals surface area contributed by atoms with Crippen molar-refractivity contribution in [2.75, 3.05) is 31.1 Å². The molecule has 1 N–H and O–H groups in total. The number of benzene rings is 1. The van der Waals surface area contributed by atoms with Gasteiger partial charge in [0.2, 0.25) is 0 Å². The maximum absolute atomic E-state index is 4.62. The number of piperazine rings is 1. The predicted molar refractivity (Wildman–Crippen MR) is 68.6 cm³/mol. The van der Waals surface area contributed by atoms with Crippen LogP contribution in [0.1, 0.15) is 0 Å². The minimum atomic E-state index is 1.03. The van der Waals surface area contributed by atoms with E-state index in [1.807, 2.05) is 29.1 Å². The highest BCUT2D eigenvalue weighted by Crippen LogP contribution is 2.14. The van der Waals surface area contributed by atoms with Gasteiger partial charge >= 0.3 is 0 Å². The van der Waals surface area contributed by atoms with Gasteiger partial charge in [0.15, 0.2) is 5.82 Å². The highest BCUT2D eigenvalue weighted by atomic mass is 15.4. The molecule has 1 aromatic heterocycles. The van der Waals surface area contributed by atoms with E-state index < -0.39 is 0 Å². The zero-order chi connectivity index (χ0) is 11.5. The molecule has 0 atom stereocenters. The topological polar surface area (TPSA) is 33.1 Å². The molecule has 1 aromatic carbocycles. The summed E-state index contributed by atoms with van der Waals surface area (Å²) >= 11 is 0. The molecule has 0 saturated carbocycles. The average molecular weight is 228 g/mol. The second-order valence-corrected chi connectivity index (χ2v) is 4.19. The van der Waals surface area contributed by atoms with Gasteiger partial charge in [0, 0.05) is 38.4 Å². The van der Waals surface area contributed by atoms with Gasteiger partial charge in [-0.15, -0.1) is 0 Å². The summed E-state index contributed by atoms with van der Waals surface area (Å²) in [6.45, 7) is 4.15. The Hall–Kier alpha value is -1.81. The number of rotatable bonds is 2. The van der Waals surface area contributed by atoms with Crippen LogP contribution in [-0.2, 0) is 0 Å². The molecule has 2 heterocycles. The van der Waals surface area contributed by atoms with Crippen LogP contribution >= 0.6 is 0 Å². The van der Waals surface area contributed by atoms with Gasteiger partial charge in [-0.25, -0.2) is 4.68 Å². The highest BCUT2D eigenvalue weighted by molar-refractivity contribution is 5.41. The Balaban J connectivity index is 1.83. The number of nitrogens with one attached hydrogen (secondary N) is 1. The Morgan fingerprint density at radius 1 is 1.00 bits per heavy atom. The molecule has 0 spiro atoms. The maximum Gasteiger partial charge on any atom is 0.151 e. The van der Waals surface area contributed by atoms with E-state index in [1.165, 1.54) is 0 Å². The zero-order valence-corrected chi connectivity index (χ0v) is 9.71. The Bertz CT molecular complexity index is 471. The summed E-state index contributed by atoms with van der Waals surface area (Å²) in [6, 6.07) is 12.3. The lowest BCUT2D eigenvalue weighted by Gasteiger charge is -2.27. The molecule has 3 rings (SSSR count).